The number of aryl methyl sites for hydroxylation is 1. The fourth-order valence-electron chi connectivity index (χ4n) is 4.98. The number of nitrogens with zero attached hydrogens (tertiary/aromatic N) is 2. The first-order chi connectivity index (χ1) is 18.8. The van der Waals surface area contributed by atoms with Crippen LogP contribution < -0.4 is 10.6 Å². The van der Waals surface area contributed by atoms with Crippen LogP contribution in [0.1, 0.15) is 58.8 Å². The van der Waals surface area contributed by atoms with Crippen LogP contribution in [-0.4, -0.2) is 26.8 Å². The third-order valence-corrected chi connectivity index (χ3v) is 7.74. The molecule has 2 amide bonds. The number of carbonyl (C=O) groups excluding carboxylic acids is 2. The average molecular weight is 563 g/mol. The second-order valence-electron chi connectivity index (χ2n) is 9.72. The average Bonchev–Trinajstić information content (AvgIpc) is 3.59. The highest BCUT2D eigenvalue weighted by Gasteiger charge is 2.26. The lowest BCUT2D eigenvalue weighted by Gasteiger charge is -2.13. The summed E-state index contributed by atoms with van der Waals surface area (Å²) in [6, 6.07) is 18.9. The number of aromatic hydroxyl groups is 1. The summed E-state index contributed by atoms with van der Waals surface area (Å²) in [5.74, 6) is -0.301. The zero-order valence-electron chi connectivity index (χ0n) is 21.4. The van der Waals surface area contributed by atoms with Gasteiger partial charge in [-0.25, -0.2) is 4.79 Å². The van der Waals surface area contributed by atoms with E-state index in [1.54, 1.807) is 30.3 Å². The van der Waals surface area contributed by atoms with E-state index in [0.717, 1.165) is 42.5 Å². The van der Waals surface area contributed by atoms with Crippen LogP contribution in [0.25, 0.3) is 11.3 Å². The van der Waals surface area contributed by atoms with Crippen LogP contribution in [0.15, 0.2) is 66.7 Å². The molecule has 3 aromatic carbocycles. The smallest absolute Gasteiger partial charge is 0.342 e. The van der Waals surface area contributed by atoms with E-state index in [9.17, 15) is 14.7 Å². The number of hydrogen-bond acceptors (Lipinski definition) is 4. The van der Waals surface area contributed by atoms with Gasteiger partial charge in [-0.1, -0.05) is 66.4 Å². The summed E-state index contributed by atoms with van der Waals surface area (Å²) in [6.07, 6.45) is 4.12. The number of carbonyl (C=O) groups is 2. The molecule has 1 fully saturated rings. The standard InChI is InChI=1S/C30H28Cl2N4O3/c1-18-7-2-3-10-20(18)17-33-30(39)36-26(19-8-4-5-9-19)16-25(35-36)22-15-21(13-14-27(22)37)34-29(38)28-23(31)11-6-12-24(28)32/h2-3,6-7,10-16,19,37H,4-5,8-9,17H2,1H3,(H,33,39)(H,34,38). The zero-order valence-corrected chi connectivity index (χ0v) is 22.9. The maximum atomic E-state index is 13.3. The molecule has 0 unspecified atom stereocenters. The van der Waals surface area contributed by atoms with E-state index < -0.39 is 5.91 Å². The number of aromatic nitrogens is 2. The first-order valence-corrected chi connectivity index (χ1v) is 13.6. The molecule has 1 aromatic heterocycles. The largest absolute Gasteiger partial charge is 0.507 e. The molecular formula is C30H28Cl2N4O3. The molecule has 1 heterocycles. The van der Waals surface area contributed by atoms with Crippen LogP contribution in [-0.2, 0) is 6.54 Å². The van der Waals surface area contributed by atoms with Crippen LogP contribution in [0.3, 0.4) is 0 Å². The van der Waals surface area contributed by atoms with E-state index in [-0.39, 0.29) is 33.3 Å². The first kappa shape index (κ1) is 26.8. The fourth-order valence-corrected chi connectivity index (χ4v) is 5.55. The van der Waals surface area contributed by atoms with Crippen LogP contribution in [0.5, 0.6) is 5.75 Å². The predicted octanol–water partition coefficient (Wildman–Crippen LogP) is 7.54. The number of nitrogens with one attached hydrogen (secondary N) is 2. The third kappa shape index (κ3) is 5.79. The Morgan fingerprint density at radius 2 is 1.72 bits per heavy atom. The Morgan fingerprint density at radius 3 is 2.44 bits per heavy atom. The van der Waals surface area contributed by atoms with Crippen molar-refractivity contribution in [2.75, 3.05) is 5.32 Å². The van der Waals surface area contributed by atoms with E-state index in [1.807, 2.05) is 37.3 Å². The van der Waals surface area contributed by atoms with E-state index in [1.165, 1.54) is 10.7 Å². The summed E-state index contributed by atoms with van der Waals surface area (Å²) in [6.45, 7) is 2.38. The SMILES string of the molecule is Cc1ccccc1CNC(=O)n1nc(-c2cc(NC(=O)c3c(Cl)cccc3Cl)ccc2O)cc1C1CCCC1. The number of phenolic OH excluding ortho intramolecular Hbond substituents is 1. The van der Waals surface area contributed by atoms with Crippen LogP contribution in [0.4, 0.5) is 10.5 Å². The van der Waals surface area contributed by atoms with Gasteiger partial charge in [-0.2, -0.15) is 9.78 Å². The van der Waals surface area contributed by atoms with Gasteiger partial charge in [0.05, 0.1) is 27.0 Å². The number of anilines is 1. The second-order valence-corrected chi connectivity index (χ2v) is 10.5. The van der Waals surface area contributed by atoms with Gasteiger partial charge in [0.2, 0.25) is 0 Å². The fraction of sp³-hybridized carbons (Fsp3) is 0.233. The molecule has 7 nitrogen and oxygen atoms in total. The molecule has 200 valence electrons. The van der Waals surface area contributed by atoms with Gasteiger partial charge >= 0.3 is 6.03 Å². The normalized spacial score (nSPS) is 13.4. The van der Waals surface area contributed by atoms with Gasteiger partial charge < -0.3 is 15.7 Å². The van der Waals surface area contributed by atoms with Crippen molar-refractivity contribution >= 4 is 40.8 Å². The summed E-state index contributed by atoms with van der Waals surface area (Å²) in [7, 11) is 0. The van der Waals surface area contributed by atoms with Crippen molar-refractivity contribution in [3.63, 3.8) is 0 Å². The molecule has 0 bridgehead atoms. The molecule has 4 aromatic rings. The Bertz CT molecular complexity index is 1520. The Balaban J connectivity index is 1.44. The van der Waals surface area contributed by atoms with Crippen molar-refractivity contribution in [1.29, 1.82) is 0 Å². The monoisotopic (exact) mass is 562 g/mol. The molecular weight excluding hydrogens is 535 g/mol. The minimum Gasteiger partial charge on any atom is -0.507 e. The highest BCUT2D eigenvalue weighted by molar-refractivity contribution is 6.40. The van der Waals surface area contributed by atoms with Crippen LogP contribution in [0, 0.1) is 6.92 Å². The molecule has 1 aliphatic rings. The third-order valence-electron chi connectivity index (χ3n) is 7.11. The molecule has 0 aliphatic heterocycles. The summed E-state index contributed by atoms with van der Waals surface area (Å²) < 4.78 is 1.41. The minimum absolute atomic E-state index is 0.0216. The number of hydrogen-bond donors (Lipinski definition) is 3. The first-order valence-electron chi connectivity index (χ1n) is 12.8. The van der Waals surface area contributed by atoms with Crippen molar-refractivity contribution in [2.45, 2.75) is 45.1 Å². The molecule has 39 heavy (non-hydrogen) atoms. The topological polar surface area (TPSA) is 96.3 Å². The Hall–Kier alpha value is -3.81. The lowest BCUT2D eigenvalue weighted by molar-refractivity contribution is 0.102. The van der Waals surface area contributed by atoms with E-state index in [2.05, 4.69) is 15.7 Å². The maximum Gasteiger partial charge on any atom is 0.342 e. The number of halogens is 2. The number of amides is 2. The maximum absolute atomic E-state index is 13.3. The lowest BCUT2D eigenvalue weighted by Crippen LogP contribution is -2.31. The van der Waals surface area contributed by atoms with E-state index >= 15 is 0 Å². The lowest BCUT2D eigenvalue weighted by atomic mass is 10.0. The molecule has 9 heteroatoms. The zero-order chi connectivity index (χ0) is 27.5. The summed E-state index contributed by atoms with van der Waals surface area (Å²) >= 11 is 12.4. The Kier molecular flexibility index (Phi) is 7.91. The van der Waals surface area contributed by atoms with Gasteiger partial charge in [-0.15, -0.1) is 0 Å². The van der Waals surface area contributed by atoms with Gasteiger partial charge in [0.15, 0.2) is 0 Å². The van der Waals surface area contributed by atoms with E-state index in [0.29, 0.717) is 23.5 Å². The van der Waals surface area contributed by atoms with Gasteiger partial charge in [0.25, 0.3) is 5.91 Å². The predicted molar refractivity (Wildman–Crippen MR) is 154 cm³/mol. The number of rotatable bonds is 6. The summed E-state index contributed by atoms with van der Waals surface area (Å²) in [5, 5.41) is 21.6. The molecule has 5 rings (SSSR count). The molecule has 1 saturated carbocycles. The van der Waals surface area contributed by atoms with Crippen molar-refractivity contribution in [3.8, 4) is 17.0 Å². The quantitative estimate of drug-likeness (QED) is 0.211. The Morgan fingerprint density at radius 1 is 1.00 bits per heavy atom. The second kappa shape index (κ2) is 11.5. The summed E-state index contributed by atoms with van der Waals surface area (Å²) in [4.78, 5) is 26.2. The van der Waals surface area contributed by atoms with Crippen molar-refractivity contribution < 1.29 is 14.7 Å². The van der Waals surface area contributed by atoms with Gasteiger partial charge in [-0.05, 0) is 67.3 Å². The van der Waals surface area contributed by atoms with Crippen molar-refractivity contribution in [2.24, 2.45) is 0 Å². The molecule has 0 atom stereocenters. The van der Waals surface area contributed by atoms with Gasteiger partial charge in [0.1, 0.15) is 5.75 Å². The van der Waals surface area contributed by atoms with Crippen LogP contribution >= 0.6 is 23.2 Å². The van der Waals surface area contributed by atoms with Crippen molar-refractivity contribution in [1.82, 2.24) is 15.1 Å². The number of phenols is 1. The number of benzene rings is 3. The Labute approximate surface area is 236 Å². The molecule has 1 aliphatic carbocycles. The minimum atomic E-state index is -0.477. The van der Waals surface area contributed by atoms with Crippen molar-refractivity contribution in [3.05, 3.63) is 99.2 Å². The van der Waals surface area contributed by atoms with Crippen LogP contribution in [0.2, 0.25) is 10.0 Å². The molecule has 0 radical (unpaired) electrons. The summed E-state index contributed by atoms with van der Waals surface area (Å²) in [5.41, 5.74) is 4.34. The molecule has 0 saturated heterocycles. The molecule has 3 N–H and O–H groups in total. The van der Waals surface area contributed by atoms with Gasteiger partial charge in [-0.3, -0.25) is 4.79 Å². The van der Waals surface area contributed by atoms with E-state index in [4.69, 9.17) is 23.2 Å². The highest BCUT2D eigenvalue weighted by Crippen LogP contribution is 2.38. The molecule has 0 spiro atoms. The van der Waals surface area contributed by atoms with Gasteiger partial charge in [0, 0.05) is 23.7 Å². The highest BCUT2D eigenvalue weighted by atomic mass is 35.5.